The van der Waals surface area contributed by atoms with Crippen molar-refractivity contribution >= 4 is 11.9 Å². The third-order valence-electron chi connectivity index (χ3n) is 7.18. The van der Waals surface area contributed by atoms with Crippen molar-refractivity contribution in [1.29, 1.82) is 0 Å². The van der Waals surface area contributed by atoms with E-state index in [0.717, 1.165) is 77.6 Å². The SMILES string of the molecule is CCN=C(NC1C2CCOC2C1(C)C)N1CCN(CC(=O)N2CCCC2)CC1. The first-order chi connectivity index (χ1) is 13.5. The van der Waals surface area contributed by atoms with E-state index in [2.05, 4.69) is 35.9 Å². The van der Waals surface area contributed by atoms with E-state index >= 15 is 0 Å². The number of hydrogen-bond donors (Lipinski definition) is 1. The summed E-state index contributed by atoms with van der Waals surface area (Å²) in [7, 11) is 0. The van der Waals surface area contributed by atoms with Crippen LogP contribution in [0.25, 0.3) is 0 Å². The Morgan fingerprint density at radius 1 is 1.11 bits per heavy atom. The van der Waals surface area contributed by atoms with E-state index in [4.69, 9.17) is 9.73 Å². The molecule has 0 spiro atoms. The Morgan fingerprint density at radius 2 is 1.82 bits per heavy atom. The van der Waals surface area contributed by atoms with Crippen molar-refractivity contribution in [3.63, 3.8) is 0 Å². The number of likely N-dealkylation sites (tertiary alicyclic amines) is 1. The van der Waals surface area contributed by atoms with Crippen LogP contribution in [-0.2, 0) is 9.53 Å². The minimum atomic E-state index is 0.152. The Kier molecular flexibility index (Phi) is 5.83. The molecule has 0 bridgehead atoms. The number of fused-ring (bicyclic) bond motifs is 1. The lowest BCUT2D eigenvalue weighted by Crippen LogP contribution is -2.68. The first-order valence-electron chi connectivity index (χ1n) is 11.2. The Balaban J connectivity index is 1.30. The quantitative estimate of drug-likeness (QED) is 0.572. The number of carbonyl (C=O) groups excluding carboxylic acids is 1. The van der Waals surface area contributed by atoms with Crippen LogP contribution in [0, 0.1) is 11.3 Å². The van der Waals surface area contributed by atoms with Gasteiger partial charge in [0.05, 0.1) is 12.6 Å². The number of aliphatic imine (C=N–C) groups is 1. The lowest BCUT2D eigenvalue weighted by atomic mass is 9.57. The van der Waals surface area contributed by atoms with E-state index in [1.54, 1.807) is 0 Å². The number of ether oxygens (including phenoxy) is 1. The van der Waals surface area contributed by atoms with Gasteiger partial charge in [-0.15, -0.1) is 0 Å². The van der Waals surface area contributed by atoms with E-state index in [1.807, 2.05) is 4.90 Å². The molecule has 28 heavy (non-hydrogen) atoms. The van der Waals surface area contributed by atoms with Gasteiger partial charge >= 0.3 is 0 Å². The van der Waals surface area contributed by atoms with Crippen LogP contribution in [0.5, 0.6) is 0 Å². The van der Waals surface area contributed by atoms with Gasteiger partial charge in [-0.1, -0.05) is 13.8 Å². The maximum atomic E-state index is 12.4. The molecule has 0 aromatic carbocycles. The van der Waals surface area contributed by atoms with Crippen molar-refractivity contribution in [2.75, 3.05) is 59.0 Å². The molecule has 0 radical (unpaired) electrons. The maximum Gasteiger partial charge on any atom is 0.236 e. The third-order valence-corrected chi connectivity index (χ3v) is 7.18. The zero-order chi connectivity index (χ0) is 19.7. The normalized spacial score (nSPS) is 33.0. The molecule has 7 heteroatoms. The topological polar surface area (TPSA) is 60.4 Å². The van der Waals surface area contributed by atoms with Crippen molar-refractivity contribution in [2.24, 2.45) is 16.3 Å². The number of rotatable bonds is 4. The molecule has 3 atom stereocenters. The molecule has 4 aliphatic rings. The molecule has 3 unspecified atom stereocenters. The van der Waals surface area contributed by atoms with Gasteiger partial charge < -0.3 is 19.9 Å². The van der Waals surface area contributed by atoms with Crippen LogP contribution in [0.15, 0.2) is 4.99 Å². The molecule has 4 rings (SSSR count). The second-order valence-electron chi connectivity index (χ2n) is 9.34. The summed E-state index contributed by atoms with van der Waals surface area (Å²) in [5.41, 5.74) is 0.152. The molecule has 1 aliphatic carbocycles. The van der Waals surface area contributed by atoms with Crippen LogP contribution in [0.3, 0.4) is 0 Å². The molecule has 3 saturated heterocycles. The second kappa shape index (κ2) is 8.19. The third kappa shape index (κ3) is 3.75. The van der Waals surface area contributed by atoms with Crippen molar-refractivity contribution in [1.82, 2.24) is 20.0 Å². The zero-order valence-electron chi connectivity index (χ0n) is 17.8. The van der Waals surface area contributed by atoms with Crippen molar-refractivity contribution in [2.45, 2.75) is 52.2 Å². The van der Waals surface area contributed by atoms with Gasteiger partial charge in [-0.05, 0) is 26.2 Å². The zero-order valence-corrected chi connectivity index (χ0v) is 17.8. The number of carbonyl (C=O) groups is 1. The molecule has 3 aliphatic heterocycles. The number of piperazine rings is 1. The Labute approximate surface area is 169 Å². The molecule has 1 N–H and O–H groups in total. The van der Waals surface area contributed by atoms with Crippen LogP contribution in [-0.4, -0.2) is 97.7 Å². The minimum Gasteiger partial charge on any atom is -0.377 e. The molecule has 158 valence electrons. The van der Waals surface area contributed by atoms with Gasteiger partial charge in [-0.25, -0.2) is 0 Å². The highest BCUT2D eigenvalue weighted by Gasteiger charge is 2.59. The van der Waals surface area contributed by atoms with E-state index in [1.165, 1.54) is 0 Å². The number of nitrogens with one attached hydrogen (secondary N) is 1. The van der Waals surface area contributed by atoms with Crippen LogP contribution < -0.4 is 5.32 Å². The Morgan fingerprint density at radius 3 is 2.50 bits per heavy atom. The fraction of sp³-hybridized carbons (Fsp3) is 0.905. The molecule has 1 amide bonds. The maximum absolute atomic E-state index is 12.4. The standard InChI is InChI=1S/C21H37N5O2/c1-4-22-20(23-18-16-7-14-28-19(16)21(18,2)3)26-12-10-24(11-13-26)15-17(27)25-8-5-6-9-25/h16,18-19H,4-15H2,1-3H3,(H,22,23). The van der Waals surface area contributed by atoms with Gasteiger partial charge in [-0.3, -0.25) is 14.7 Å². The highest BCUT2D eigenvalue weighted by molar-refractivity contribution is 5.81. The van der Waals surface area contributed by atoms with Gasteiger partial charge in [0.15, 0.2) is 5.96 Å². The van der Waals surface area contributed by atoms with Crippen molar-refractivity contribution in [3.8, 4) is 0 Å². The highest BCUT2D eigenvalue weighted by atomic mass is 16.5. The highest BCUT2D eigenvalue weighted by Crippen LogP contribution is 2.52. The molecule has 0 aromatic rings. The minimum absolute atomic E-state index is 0.152. The predicted molar refractivity (Wildman–Crippen MR) is 110 cm³/mol. The van der Waals surface area contributed by atoms with Crippen LogP contribution >= 0.6 is 0 Å². The first kappa shape index (κ1) is 20.0. The molecule has 4 fully saturated rings. The van der Waals surface area contributed by atoms with Crippen LogP contribution in [0.4, 0.5) is 0 Å². The smallest absolute Gasteiger partial charge is 0.236 e. The van der Waals surface area contributed by atoms with E-state index in [-0.39, 0.29) is 5.41 Å². The number of hydrogen-bond acceptors (Lipinski definition) is 4. The fourth-order valence-corrected chi connectivity index (χ4v) is 5.52. The average Bonchev–Trinajstić information content (AvgIpc) is 3.36. The summed E-state index contributed by atoms with van der Waals surface area (Å²) in [5, 5.41) is 3.79. The van der Waals surface area contributed by atoms with Gasteiger partial charge in [0.1, 0.15) is 0 Å². The lowest BCUT2D eigenvalue weighted by molar-refractivity contribution is -0.131. The van der Waals surface area contributed by atoms with Crippen molar-refractivity contribution < 1.29 is 9.53 Å². The van der Waals surface area contributed by atoms with Gasteiger partial charge in [0, 0.05) is 69.8 Å². The summed E-state index contributed by atoms with van der Waals surface area (Å²) in [6.45, 7) is 14.5. The van der Waals surface area contributed by atoms with E-state index < -0.39 is 0 Å². The van der Waals surface area contributed by atoms with E-state index in [9.17, 15) is 4.79 Å². The summed E-state index contributed by atoms with van der Waals surface area (Å²) >= 11 is 0. The molecular formula is C21H37N5O2. The fourth-order valence-electron chi connectivity index (χ4n) is 5.52. The lowest BCUT2D eigenvalue weighted by Gasteiger charge is -2.55. The van der Waals surface area contributed by atoms with Crippen molar-refractivity contribution in [3.05, 3.63) is 0 Å². The first-order valence-corrected chi connectivity index (χ1v) is 11.2. The predicted octanol–water partition coefficient (Wildman–Crippen LogP) is 1.01. The number of nitrogens with zero attached hydrogens (tertiary/aromatic N) is 4. The van der Waals surface area contributed by atoms with Gasteiger partial charge in [-0.2, -0.15) is 0 Å². The molecule has 0 aromatic heterocycles. The van der Waals surface area contributed by atoms with E-state index in [0.29, 0.717) is 30.5 Å². The van der Waals surface area contributed by atoms with Gasteiger partial charge in [0.25, 0.3) is 0 Å². The number of amides is 1. The molecule has 1 saturated carbocycles. The summed E-state index contributed by atoms with van der Waals surface area (Å²) in [5.74, 6) is 1.95. The summed E-state index contributed by atoms with van der Waals surface area (Å²) < 4.78 is 5.94. The number of guanidine groups is 1. The monoisotopic (exact) mass is 391 g/mol. The van der Waals surface area contributed by atoms with Crippen LogP contribution in [0.2, 0.25) is 0 Å². The van der Waals surface area contributed by atoms with Crippen LogP contribution in [0.1, 0.15) is 40.0 Å². The molecular weight excluding hydrogens is 354 g/mol. The molecule has 3 heterocycles. The summed E-state index contributed by atoms with van der Waals surface area (Å²) in [6.07, 6.45) is 3.86. The summed E-state index contributed by atoms with van der Waals surface area (Å²) in [6, 6.07) is 0.431. The summed E-state index contributed by atoms with van der Waals surface area (Å²) in [4.78, 5) is 23.9. The Bertz CT molecular complexity index is 594. The largest absolute Gasteiger partial charge is 0.377 e. The second-order valence-corrected chi connectivity index (χ2v) is 9.34. The average molecular weight is 392 g/mol. The molecule has 7 nitrogen and oxygen atoms in total. The van der Waals surface area contributed by atoms with Gasteiger partial charge in [0.2, 0.25) is 5.91 Å². The Hall–Kier alpha value is -1.34.